The van der Waals surface area contributed by atoms with Crippen LogP contribution in [-0.4, -0.2) is 19.1 Å². The number of nitrogens with one attached hydrogen (secondary N) is 2. The fraction of sp³-hybridized carbons (Fsp3) is 0.278. The van der Waals surface area contributed by atoms with Crippen LogP contribution in [0.1, 0.15) is 17.5 Å². The molecule has 0 unspecified atom stereocenters. The molecule has 0 aromatic heterocycles. The van der Waals surface area contributed by atoms with Crippen molar-refractivity contribution in [1.29, 1.82) is 0 Å². The van der Waals surface area contributed by atoms with Crippen LogP contribution < -0.4 is 10.6 Å². The zero-order valence-electron chi connectivity index (χ0n) is 12.5. The zero-order chi connectivity index (χ0) is 15.6. The molecule has 0 aliphatic carbocycles. The molecule has 0 fully saturated rings. The smallest absolute Gasteiger partial charge is 0.314 e. The van der Waals surface area contributed by atoms with Crippen LogP contribution in [0.4, 0.5) is 9.18 Å². The molecular formula is C18H21FN2O. The third-order valence-electron chi connectivity index (χ3n) is 3.41. The molecule has 0 saturated heterocycles. The maximum Gasteiger partial charge on any atom is 0.314 e. The van der Waals surface area contributed by atoms with Gasteiger partial charge in [0.05, 0.1) is 0 Å². The van der Waals surface area contributed by atoms with E-state index in [4.69, 9.17) is 0 Å². The first kappa shape index (κ1) is 16.0. The van der Waals surface area contributed by atoms with Crippen molar-refractivity contribution in [3.05, 3.63) is 71.5 Å². The number of urea groups is 1. The largest absolute Gasteiger partial charge is 0.338 e. The van der Waals surface area contributed by atoms with E-state index in [-0.39, 0.29) is 11.8 Å². The Kier molecular flexibility index (Phi) is 6.42. The Morgan fingerprint density at radius 3 is 2.32 bits per heavy atom. The van der Waals surface area contributed by atoms with E-state index in [1.165, 1.54) is 11.6 Å². The van der Waals surface area contributed by atoms with E-state index in [0.717, 1.165) is 12.8 Å². The predicted octanol–water partition coefficient (Wildman–Crippen LogP) is 3.30. The number of amides is 2. The molecule has 116 valence electrons. The fourth-order valence-corrected chi connectivity index (χ4v) is 2.21. The molecule has 2 aromatic carbocycles. The molecule has 2 N–H and O–H groups in total. The number of hydrogen-bond acceptors (Lipinski definition) is 1. The van der Waals surface area contributed by atoms with E-state index < -0.39 is 0 Å². The molecule has 2 aromatic rings. The van der Waals surface area contributed by atoms with Gasteiger partial charge in [-0.25, -0.2) is 9.18 Å². The van der Waals surface area contributed by atoms with Gasteiger partial charge in [-0.05, 0) is 36.5 Å². The van der Waals surface area contributed by atoms with Gasteiger partial charge < -0.3 is 10.6 Å². The van der Waals surface area contributed by atoms with Crippen molar-refractivity contribution < 1.29 is 9.18 Å². The molecule has 0 aliphatic heterocycles. The minimum Gasteiger partial charge on any atom is -0.338 e. The van der Waals surface area contributed by atoms with Crippen LogP contribution in [0.25, 0.3) is 0 Å². The van der Waals surface area contributed by atoms with Gasteiger partial charge in [-0.15, -0.1) is 0 Å². The third-order valence-corrected chi connectivity index (χ3v) is 3.41. The number of aryl methyl sites for hydroxylation is 1. The van der Waals surface area contributed by atoms with Crippen LogP contribution in [-0.2, 0) is 12.8 Å². The molecule has 0 bridgehead atoms. The maximum absolute atomic E-state index is 13.4. The van der Waals surface area contributed by atoms with Gasteiger partial charge in [-0.2, -0.15) is 0 Å². The average Bonchev–Trinajstić information content (AvgIpc) is 2.54. The highest BCUT2D eigenvalue weighted by Crippen LogP contribution is 2.06. The first-order chi connectivity index (χ1) is 10.8. The van der Waals surface area contributed by atoms with Crippen LogP contribution in [0.5, 0.6) is 0 Å². The minimum atomic E-state index is -0.229. The molecule has 0 heterocycles. The van der Waals surface area contributed by atoms with Gasteiger partial charge in [0.2, 0.25) is 0 Å². The second-order valence-electron chi connectivity index (χ2n) is 5.11. The van der Waals surface area contributed by atoms with Gasteiger partial charge in [0, 0.05) is 13.1 Å². The Balaban J connectivity index is 1.57. The van der Waals surface area contributed by atoms with Crippen molar-refractivity contribution in [3.8, 4) is 0 Å². The molecule has 0 saturated carbocycles. The Bertz CT molecular complexity index is 587. The second kappa shape index (κ2) is 8.82. The lowest BCUT2D eigenvalue weighted by molar-refractivity contribution is 0.241. The van der Waals surface area contributed by atoms with Gasteiger partial charge in [0.15, 0.2) is 0 Å². The topological polar surface area (TPSA) is 41.1 Å². The summed E-state index contributed by atoms with van der Waals surface area (Å²) in [4.78, 5) is 11.6. The highest BCUT2D eigenvalue weighted by molar-refractivity contribution is 5.73. The molecule has 22 heavy (non-hydrogen) atoms. The van der Waals surface area contributed by atoms with Gasteiger partial charge >= 0.3 is 6.03 Å². The molecule has 3 nitrogen and oxygen atoms in total. The standard InChI is InChI=1S/C18H21FN2O/c19-17-11-5-4-10-16(17)12-14-21-18(22)20-13-6-9-15-7-2-1-3-8-15/h1-5,7-8,10-11H,6,9,12-14H2,(H2,20,21,22). The normalized spacial score (nSPS) is 10.2. The summed E-state index contributed by atoms with van der Waals surface area (Å²) in [6.07, 6.45) is 2.32. The molecule has 0 radical (unpaired) electrons. The van der Waals surface area contributed by atoms with Crippen LogP contribution in [0, 0.1) is 5.82 Å². The summed E-state index contributed by atoms with van der Waals surface area (Å²) in [7, 11) is 0. The van der Waals surface area contributed by atoms with Crippen molar-refractivity contribution in [2.45, 2.75) is 19.3 Å². The SMILES string of the molecule is O=C(NCCCc1ccccc1)NCCc1ccccc1F. The summed E-state index contributed by atoms with van der Waals surface area (Å²) in [6, 6.07) is 16.6. The number of rotatable bonds is 7. The first-order valence-electron chi connectivity index (χ1n) is 7.55. The van der Waals surface area contributed by atoms with Gasteiger partial charge in [0.25, 0.3) is 0 Å². The fourth-order valence-electron chi connectivity index (χ4n) is 2.21. The lowest BCUT2D eigenvalue weighted by Crippen LogP contribution is -2.37. The average molecular weight is 300 g/mol. The summed E-state index contributed by atoms with van der Waals surface area (Å²) in [5.41, 5.74) is 1.89. The maximum atomic E-state index is 13.4. The second-order valence-corrected chi connectivity index (χ2v) is 5.11. The van der Waals surface area contributed by atoms with Crippen LogP contribution in [0.3, 0.4) is 0 Å². The van der Waals surface area contributed by atoms with Crippen molar-refractivity contribution in [3.63, 3.8) is 0 Å². The van der Waals surface area contributed by atoms with Crippen molar-refractivity contribution in [2.24, 2.45) is 0 Å². The van der Waals surface area contributed by atoms with Gasteiger partial charge in [-0.1, -0.05) is 48.5 Å². The highest BCUT2D eigenvalue weighted by atomic mass is 19.1. The first-order valence-corrected chi connectivity index (χ1v) is 7.55. The Labute approximate surface area is 130 Å². The molecule has 4 heteroatoms. The molecular weight excluding hydrogens is 279 g/mol. The molecule has 0 atom stereocenters. The molecule has 2 rings (SSSR count). The van der Waals surface area contributed by atoms with Crippen LogP contribution in [0.2, 0.25) is 0 Å². The van der Waals surface area contributed by atoms with E-state index >= 15 is 0 Å². The molecule has 0 aliphatic rings. The van der Waals surface area contributed by atoms with Crippen molar-refractivity contribution in [2.75, 3.05) is 13.1 Å². The van der Waals surface area contributed by atoms with Crippen LogP contribution >= 0.6 is 0 Å². The number of hydrogen-bond donors (Lipinski definition) is 2. The van der Waals surface area contributed by atoms with Crippen molar-refractivity contribution >= 4 is 6.03 Å². The summed E-state index contributed by atoms with van der Waals surface area (Å²) in [6.45, 7) is 1.05. The zero-order valence-corrected chi connectivity index (χ0v) is 12.5. The Morgan fingerprint density at radius 2 is 1.55 bits per heavy atom. The number of halogens is 1. The minimum absolute atomic E-state index is 0.204. The summed E-state index contributed by atoms with van der Waals surface area (Å²) in [5, 5.41) is 5.55. The molecule has 0 spiro atoms. The van der Waals surface area contributed by atoms with E-state index in [1.807, 2.05) is 18.2 Å². The Hall–Kier alpha value is -2.36. The van der Waals surface area contributed by atoms with E-state index in [2.05, 4.69) is 22.8 Å². The van der Waals surface area contributed by atoms with Gasteiger partial charge in [0.1, 0.15) is 5.82 Å². The van der Waals surface area contributed by atoms with E-state index in [0.29, 0.717) is 25.1 Å². The van der Waals surface area contributed by atoms with Gasteiger partial charge in [-0.3, -0.25) is 0 Å². The summed E-state index contributed by atoms with van der Waals surface area (Å²) in [5.74, 6) is -0.229. The van der Waals surface area contributed by atoms with Crippen LogP contribution in [0.15, 0.2) is 54.6 Å². The lowest BCUT2D eigenvalue weighted by atomic mass is 10.1. The van der Waals surface area contributed by atoms with Crippen molar-refractivity contribution in [1.82, 2.24) is 10.6 Å². The number of carbonyl (C=O) groups excluding carboxylic acids is 1. The highest BCUT2D eigenvalue weighted by Gasteiger charge is 2.02. The van der Waals surface area contributed by atoms with E-state index in [1.54, 1.807) is 18.2 Å². The monoisotopic (exact) mass is 300 g/mol. The van der Waals surface area contributed by atoms with E-state index in [9.17, 15) is 9.18 Å². The Morgan fingerprint density at radius 1 is 0.864 bits per heavy atom. The summed E-state index contributed by atoms with van der Waals surface area (Å²) >= 11 is 0. The lowest BCUT2D eigenvalue weighted by Gasteiger charge is -2.08. The third kappa shape index (κ3) is 5.56. The number of carbonyl (C=O) groups is 1. The quantitative estimate of drug-likeness (QED) is 0.757. The molecule has 2 amide bonds. The predicted molar refractivity (Wildman–Crippen MR) is 86.3 cm³/mol. The summed E-state index contributed by atoms with van der Waals surface area (Å²) < 4.78 is 13.4. The number of benzene rings is 2.